The lowest BCUT2D eigenvalue weighted by atomic mass is 9.59. The van der Waals surface area contributed by atoms with Crippen molar-refractivity contribution < 1.29 is 0 Å². The van der Waals surface area contributed by atoms with Gasteiger partial charge in [0.25, 0.3) is 0 Å². The smallest absolute Gasteiger partial charge is 0.0540 e. The van der Waals surface area contributed by atoms with Crippen LogP contribution in [0, 0.1) is 23.7 Å². The van der Waals surface area contributed by atoms with E-state index >= 15 is 0 Å². The predicted octanol–water partition coefficient (Wildman–Crippen LogP) is 16.2. The summed E-state index contributed by atoms with van der Waals surface area (Å²) in [6.07, 6.45) is 12.3. The van der Waals surface area contributed by atoms with E-state index in [1.54, 1.807) is 11.1 Å². The summed E-state index contributed by atoms with van der Waals surface area (Å²) in [5.41, 5.74) is 16.7. The van der Waals surface area contributed by atoms with Gasteiger partial charge in [-0.25, -0.2) is 0 Å². The van der Waals surface area contributed by atoms with E-state index < -0.39 is 0 Å². The van der Waals surface area contributed by atoms with Crippen LogP contribution in [0.3, 0.4) is 0 Å². The lowest BCUT2D eigenvalue weighted by Crippen LogP contribution is -2.40. The van der Waals surface area contributed by atoms with Gasteiger partial charge < -0.3 is 4.90 Å². The highest BCUT2D eigenvalue weighted by Crippen LogP contribution is 2.73. The predicted molar refractivity (Wildman–Crippen MR) is 251 cm³/mol. The van der Waals surface area contributed by atoms with Crippen LogP contribution < -0.4 is 4.90 Å². The van der Waals surface area contributed by atoms with Gasteiger partial charge in [0.05, 0.1) is 11.4 Å². The molecule has 0 aromatic heterocycles. The van der Waals surface area contributed by atoms with Gasteiger partial charge in [0.15, 0.2) is 0 Å². The highest BCUT2D eigenvalue weighted by atomic mass is 15.1. The van der Waals surface area contributed by atoms with E-state index in [0.717, 1.165) is 23.7 Å². The third-order valence-corrected chi connectivity index (χ3v) is 16.2. The van der Waals surface area contributed by atoms with E-state index in [-0.39, 0.29) is 5.41 Å². The quantitative estimate of drug-likeness (QED) is 0.163. The van der Waals surface area contributed by atoms with Crippen LogP contribution in [0.5, 0.6) is 0 Å². The van der Waals surface area contributed by atoms with Crippen LogP contribution in [0.15, 0.2) is 170 Å². The molecule has 6 aliphatic rings. The number of hydrogen-bond donors (Lipinski definition) is 0. The Bertz CT molecular complexity index is 2950. The van der Waals surface area contributed by atoms with Crippen LogP contribution in [-0.4, -0.2) is 0 Å². The van der Waals surface area contributed by atoms with E-state index in [2.05, 4.69) is 175 Å². The van der Waals surface area contributed by atoms with Gasteiger partial charge in [0.1, 0.15) is 0 Å². The van der Waals surface area contributed by atoms with Crippen LogP contribution in [0.25, 0.3) is 54.9 Å². The molecule has 1 heteroatoms. The van der Waals surface area contributed by atoms with Crippen molar-refractivity contribution in [1.29, 1.82) is 0 Å². The van der Waals surface area contributed by atoms with Gasteiger partial charge in [-0.3, -0.25) is 0 Å². The summed E-state index contributed by atoms with van der Waals surface area (Å²) in [5, 5.41) is 5.26. The highest BCUT2D eigenvalue weighted by molar-refractivity contribution is 6.06. The molecular formula is C59H51N. The van der Waals surface area contributed by atoms with Crippen LogP contribution in [0.2, 0.25) is 0 Å². The first kappa shape index (κ1) is 34.9. The lowest BCUT2D eigenvalue weighted by molar-refractivity contribution is 0.191. The Labute approximate surface area is 354 Å². The number of para-hydroxylation sites is 1. The molecule has 6 aliphatic carbocycles. The van der Waals surface area contributed by atoms with Crippen LogP contribution in [-0.2, 0) is 5.41 Å². The first-order valence-electron chi connectivity index (χ1n) is 23.0. The lowest BCUT2D eigenvalue weighted by Gasteiger charge is -2.44. The van der Waals surface area contributed by atoms with E-state index in [4.69, 9.17) is 0 Å². The molecule has 4 bridgehead atoms. The Morgan fingerprint density at radius 3 is 2.03 bits per heavy atom. The zero-order valence-electron chi connectivity index (χ0n) is 34.4. The van der Waals surface area contributed by atoms with Crippen molar-refractivity contribution in [3.8, 4) is 33.4 Å². The third kappa shape index (κ3) is 5.05. The second-order valence-electron chi connectivity index (χ2n) is 19.0. The maximum Gasteiger partial charge on any atom is 0.0540 e. The molecule has 5 fully saturated rings. The van der Waals surface area contributed by atoms with Crippen LogP contribution in [0.1, 0.15) is 80.4 Å². The maximum atomic E-state index is 2.63. The van der Waals surface area contributed by atoms with Crippen LogP contribution in [0.4, 0.5) is 17.1 Å². The average Bonchev–Trinajstić information content (AvgIpc) is 3.86. The summed E-state index contributed by atoms with van der Waals surface area (Å²) in [5.74, 6) is 4.02. The molecule has 14 rings (SSSR count). The third-order valence-electron chi connectivity index (χ3n) is 16.2. The number of rotatable bonds is 6. The molecule has 0 aliphatic heterocycles. The van der Waals surface area contributed by atoms with E-state index in [0.29, 0.717) is 5.92 Å². The molecule has 8 aromatic rings. The van der Waals surface area contributed by atoms with E-state index in [1.165, 1.54) is 135 Å². The van der Waals surface area contributed by atoms with Crippen molar-refractivity contribution in [2.75, 3.05) is 4.90 Å². The Morgan fingerprint density at radius 1 is 0.467 bits per heavy atom. The monoisotopic (exact) mass is 773 g/mol. The Balaban J connectivity index is 0.958. The van der Waals surface area contributed by atoms with Gasteiger partial charge in [0.2, 0.25) is 0 Å². The molecule has 292 valence electrons. The normalized spacial score (nSPS) is 23.7. The fourth-order valence-electron chi connectivity index (χ4n) is 14.0. The minimum Gasteiger partial charge on any atom is -0.309 e. The molecule has 5 unspecified atom stereocenters. The fraction of sp³-hybridized carbons (Fsp3) is 0.254. The Kier molecular flexibility index (Phi) is 7.88. The zero-order chi connectivity index (χ0) is 39.4. The summed E-state index contributed by atoms with van der Waals surface area (Å²) in [6.45, 7) is 0. The van der Waals surface area contributed by atoms with Crippen molar-refractivity contribution in [1.82, 2.24) is 0 Å². The number of fused-ring (bicyclic) bond motifs is 5. The minimum atomic E-state index is 0.187. The average molecular weight is 774 g/mol. The molecule has 8 aromatic carbocycles. The molecule has 0 heterocycles. The molecule has 0 saturated heterocycles. The molecule has 5 saturated carbocycles. The number of benzene rings is 8. The van der Waals surface area contributed by atoms with E-state index in [1.807, 2.05) is 0 Å². The van der Waals surface area contributed by atoms with Crippen molar-refractivity contribution in [2.45, 2.75) is 69.1 Å². The zero-order valence-corrected chi connectivity index (χ0v) is 34.4. The summed E-state index contributed by atoms with van der Waals surface area (Å²) < 4.78 is 0. The van der Waals surface area contributed by atoms with Crippen LogP contribution >= 0.6 is 0 Å². The van der Waals surface area contributed by atoms with Gasteiger partial charge in [-0.05, 0) is 159 Å². The topological polar surface area (TPSA) is 3.24 Å². The SMILES string of the molecule is c1ccc(N(c2ccc(-c3ccc4c(c3)C3(c5ccccc5-4)C4CC5CC(C4)C3C5)cc2)c2cccc3ccccc23)c(-c2cccc3cccc(C4CCCCC4)c23)c1. The van der Waals surface area contributed by atoms with E-state index in [9.17, 15) is 0 Å². The van der Waals surface area contributed by atoms with Crippen molar-refractivity contribution in [2.24, 2.45) is 23.7 Å². The standard InChI is InChI=1S/C59H51N/c1-2-13-41(14-3-1)48-22-10-17-42-18-11-23-52(58(42)48)51-21-7-9-25-57(51)60(56-26-12-16-40-15-4-5-19-47(40)56)46-30-27-39(28-31-46)43-29-32-50-49-20-6-8-24-53(49)59(55(50)37-43)45-34-38-33-44(36-45)54(59)35-38/h4-12,15-32,37-38,41,44-45,54H,1-3,13-14,33-36H2. The summed E-state index contributed by atoms with van der Waals surface area (Å²) in [7, 11) is 0. The summed E-state index contributed by atoms with van der Waals surface area (Å²) in [4.78, 5) is 2.53. The molecule has 60 heavy (non-hydrogen) atoms. The first-order chi connectivity index (χ1) is 29.7. The molecule has 0 amide bonds. The molecular weight excluding hydrogens is 723 g/mol. The molecule has 0 N–H and O–H groups in total. The fourth-order valence-corrected chi connectivity index (χ4v) is 14.0. The first-order valence-corrected chi connectivity index (χ1v) is 23.0. The number of hydrogen-bond acceptors (Lipinski definition) is 1. The van der Waals surface area contributed by atoms with Gasteiger partial charge in [-0.2, -0.15) is 0 Å². The maximum absolute atomic E-state index is 2.63. The van der Waals surface area contributed by atoms with Gasteiger partial charge in [-0.1, -0.05) is 159 Å². The molecule has 5 atom stereocenters. The summed E-state index contributed by atoms with van der Waals surface area (Å²) in [6, 6.07) is 65.2. The number of nitrogens with zero attached hydrogens (tertiary/aromatic N) is 1. The highest BCUT2D eigenvalue weighted by Gasteiger charge is 2.65. The second-order valence-corrected chi connectivity index (χ2v) is 19.0. The van der Waals surface area contributed by atoms with Crippen molar-refractivity contribution in [3.63, 3.8) is 0 Å². The molecule has 1 nitrogen and oxygen atoms in total. The van der Waals surface area contributed by atoms with Crippen molar-refractivity contribution in [3.05, 3.63) is 187 Å². The largest absolute Gasteiger partial charge is 0.309 e. The second kappa shape index (κ2) is 13.5. The molecule has 0 radical (unpaired) electrons. The minimum absolute atomic E-state index is 0.187. The number of anilines is 3. The summed E-state index contributed by atoms with van der Waals surface area (Å²) >= 11 is 0. The Hall–Kier alpha value is -5.92. The Morgan fingerprint density at radius 2 is 1.15 bits per heavy atom. The van der Waals surface area contributed by atoms with Gasteiger partial charge in [-0.15, -0.1) is 0 Å². The molecule has 1 spiro atoms. The van der Waals surface area contributed by atoms with Gasteiger partial charge >= 0.3 is 0 Å². The van der Waals surface area contributed by atoms with Crippen molar-refractivity contribution >= 4 is 38.6 Å². The van der Waals surface area contributed by atoms with Gasteiger partial charge in [0, 0.05) is 22.1 Å².